The van der Waals surface area contributed by atoms with E-state index in [0.29, 0.717) is 12.2 Å². The molecule has 94 valence electrons. The van der Waals surface area contributed by atoms with Crippen molar-refractivity contribution in [1.29, 1.82) is 5.26 Å². The van der Waals surface area contributed by atoms with Gasteiger partial charge in [-0.3, -0.25) is 0 Å². The smallest absolute Gasteiger partial charge is 0.0992 e. The molecule has 0 N–H and O–H groups in total. The Morgan fingerprint density at radius 3 is 2.68 bits per heavy atom. The van der Waals surface area contributed by atoms with Crippen LogP contribution >= 0.6 is 0 Å². The fourth-order valence-corrected chi connectivity index (χ4v) is 2.54. The van der Waals surface area contributed by atoms with Crippen molar-refractivity contribution < 1.29 is 4.74 Å². The van der Waals surface area contributed by atoms with Gasteiger partial charge in [0.2, 0.25) is 0 Å². The van der Waals surface area contributed by atoms with Gasteiger partial charge in [0.15, 0.2) is 0 Å². The third kappa shape index (κ3) is 1.87. The van der Waals surface area contributed by atoms with Gasteiger partial charge in [0, 0.05) is 29.9 Å². The van der Waals surface area contributed by atoms with Crippen LogP contribution in [0.1, 0.15) is 5.56 Å². The summed E-state index contributed by atoms with van der Waals surface area (Å²) >= 11 is 0. The van der Waals surface area contributed by atoms with Crippen LogP contribution in [0.5, 0.6) is 0 Å². The number of hydrogen-bond donors (Lipinski definition) is 0. The summed E-state index contributed by atoms with van der Waals surface area (Å²) < 4.78 is 7.40. The summed E-state index contributed by atoms with van der Waals surface area (Å²) in [4.78, 5) is 0. The number of ether oxygens (including phenoxy) is 1. The molecule has 0 fully saturated rings. The molecular weight excluding hydrogens is 236 g/mol. The summed E-state index contributed by atoms with van der Waals surface area (Å²) in [5.74, 6) is 0. The number of methoxy groups -OCH3 is 1. The third-order valence-electron chi connectivity index (χ3n) is 3.42. The highest BCUT2D eigenvalue weighted by Gasteiger charge is 2.10. The Morgan fingerprint density at radius 1 is 1.11 bits per heavy atom. The first-order valence-corrected chi connectivity index (χ1v) is 6.25. The normalized spacial score (nSPS) is 10.9. The SMILES string of the molecule is COCCn1c2ccccc2c2ccc(C#N)cc21. The van der Waals surface area contributed by atoms with Crippen LogP contribution in [0.3, 0.4) is 0 Å². The Bertz CT molecular complexity index is 780. The van der Waals surface area contributed by atoms with Gasteiger partial charge in [-0.15, -0.1) is 0 Å². The maximum Gasteiger partial charge on any atom is 0.0992 e. The van der Waals surface area contributed by atoms with Gasteiger partial charge >= 0.3 is 0 Å². The van der Waals surface area contributed by atoms with Crippen LogP contribution < -0.4 is 0 Å². The summed E-state index contributed by atoms with van der Waals surface area (Å²) in [6, 6.07) is 16.4. The van der Waals surface area contributed by atoms with E-state index in [1.807, 2.05) is 30.3 Å². The molecule has 0 aliphatic rings. The average Bonchev–Trinajstić information content (AvgIpc) is 2.78. The minimum Gasteiger partial charge on any atom is -0.383 e. The Labute approximate surface area is 111 Å². The maximum absolute atomic E-state index is 9.05. The minimum absolute atomic E-state index is 0.657. The quantitative estimate of drug-likeness (QED) is 0.715. The first kappa shape index (κ1) is 11.8. The summed E-state index contributed by atoms with van der Waals surface area (Å²) in [6.45, 7) is 1.44. The van der Waals surface area contributed by atoms with E-state index in [4.69, 9.17) is 10.00 Å². The average molecular weight is 250 g/mol. The molecule has 3 heteroatoms. The molecule has 2 aromatic carbocycles. The van der Waals surface area contributed by atoms with Crippen LogP contribution in [0, 0.1) is 11.3 Å². The number of rotatable bonds is 3. The molecule has 3 rings (SSSR count). The number of nitrogens with zero attached hydrogens (tertiary/aromatic N) is 2. The Kier molecular flexibility index (Phi) is 2.94. The van der Waals surface area contributed by atoms with Crippen molar-refractivity contribution in [3.8, 4) is 6.07 Å². The predicted octanol–water partition coefficient (Wildman–Crippen LogP) is 3.31. The highest BCUT2D eigenvalue weighted by molar-refractivity contribution is 6.08. The van der Waals surface area contributed by atoms with Gasteiger partial charge < -0.3 is 9.30 Å². The van der Waals surface area contributed by atoms with Gasteiger partial charge in [0.25, 0.3) is 0 Å². The Morgan fingerprint density at radius 2 is 1.89 bits per heavy atom. The number of benzene rings is 2. The van der Waals surface area contributed by atoms with E-state index in [-0.39, 0.29) is 0 Å². The van der Waals surface area contributed by atoms with Crippen LogP contribution in [-0.2, 0) is 11.3 Å². The van der Waals surface area contributed by atoms with Gasteiger partial charge in [-0.2, -0.15) is 5.26 Å². The van der Waals surface area contributed by atoms with E-state index < -0.39 is 0 Å². The maximum atomic E-state index is 9.05. The van der Waals surface area contributed by atoms with E-state index in [0.717, 1.165) is 12.1 Å². The fraction of sp³-hybridized carbons (Fsp3) is 0.188. The Hall–Kier alpha value is -2.31. The molecule has 0 aliphatic carbocycles. The molecule has 0 saturated heterocycles. The lowest BCUT2D eigenvalue weighted by molar-refractivity contribution is 0.189. The van der Waals surface area contributed by atoms with Crippen molar-refractivity contribution >= 4 is 21.8 Å². The van der Waals surface area contributed by atoms with E-state index in [9.17, 15) is 0 Å². The number of nitriles is 1. The molecule has 0 amide bonds. The largest absolute Gasteiger partial charge is 0.383 e. The van der Waals surface area contributed by atoms with E-state index >= 15 is 0 Å². The van der Waals surface area contributed by atoms with E-state index in [2.05, 4.69) is 22.8 Å². The topological polar surface area (TPSA) is 38.0 Å². The monoisotopic (exact) mass is 250 g/mol. The molecule has 0 atom stereocenters. The molecular formula is C16H14N2O. The molecule has 0 spiro atoms. The minimum atomic E-state index is 0.657. The molecule has 0 aliphatic heterocycles. The molecule has 0 unspecified atom stereocenters. The fourth-order valence-electron chi connectivity index (χ4n) is 2.54. The van der Waals surface area contributed by atoms with Crippen molar-refractivity contribution in [1.82, 2.24) is 4.57 Å². The lowest BCUT2D eigenvalue weighted by atomic mass is 10.1. The highest BCUT2D eigenvalue weighted by Crippen LogP contribution is 2.29. The van der Waals surface area contributed by atoms with Gasteiger partial charge in [0.05, 0.1) is 23.8 Å². The summed E-state index contributed by atoms with van der Waals surface area (Å²) in [5, 5.41) is 11.5. The third-order valence-corrected chi connectivity index (χ3v) is 3.42. The number of hydrogen-bond acceptors (Lipinski definition) is 2. The summed E-state index contributed by atoms with van der Waals surface area (Å²) in [6.07, 6.45) is 0. The second-order valence-corrected chi connectivity index (χ2v) is 4.51. The van der Waals surface area contributed by atoms with Crippen molar-refractivity contribution in [2.45, 2.75) is 6.54 Å². The van der Waals surface area contributed by atoms with Crippen LogP contribution in [0.25, 0.3) is 21.8 Å². The molecule has 3 nitrogen and oxygen atoms in total. The zero-order valence-electron chi connectivity index (χ0n) is 10.8. The number of aromatic nitrogens is 1. The first-order valence-electron chi connectivity index (χ1n) is 6.25. The van der Waals surface area contributed by atoms with Crippen LogP contribution in [0.2, 0.25) is 0 Å². The second kappa shape index (κ2) is 4.75. The van der Waals surface area contributed by atoms with Crippen LogP contribution in [-0.4, -0.2) is 18.3 Å². The molecule has 1 heterocycles. The molecule has 19 heavy (non-hydrogen) atoms. The zero-order chi connectivity index (χ0) is 13.2. The van der Waals surface area contributed by atoms with Gasteiger partial charge in [0.1, 0.15) is 0 Å². The standard InChI is InChI=1S/C16H14N2O/c1-19-9-8-18-15-5-3-2-4-13(15)14-7-6-12(11-17)10-16(14)18/h2-7,10H,8-9H2,1H3. The lowest BCUT2D eigenvalue weighted by Crippen LogP contribution is -2.03. The van der Waals surface area contributed by atoms with Gasteiger partial charge in [-0.05, 0) is 18.2 Å². The van der Waals surface area contributed by atoms with Crippen molar-refractivity contribution in [3.05, 3.63) is 48.0 Å². The molecule has 0 radical (unpaired) electrons. The van der Waals surface area contributed by atoms with Gasteiger partial charge in [-0.1, -0.05) is 24.3 Å². The predicted molar refractivity (Wildman–Crippen MR) is 76.0 cm³/mol. The molecule has 0 saturated carbocycles. The van der Waals surface area contributed by atoms with Crippen molar-refractivity contribution in [2.24, 2.45) is 0 Å². The zero-order valence-corrected chi connectivity index (χ0v) is 10.8. The number of fused-ring (bicyclic) bond motifs is 3. The molecule has 3 aromatic rings. The van der Waals surface area contributed by atoms with E-state index in [1.165, 1.54) is 16.3 Å². The van der Waals surface area contributed by atoms with E-state index in [1.54, 1.807) is 7.11 Å². The summed E-state index contributed by atoms with van der Waals surface area (Å²) in [5.41, 5.74) is 2.97. The van der Waals surface area contributed by atoms with Gasteiger partial charge in [-0.25, -0.2) is 0 Å². The van der Waals surface area contributed by atoms with Crippen LogP contribution in [0.15, 0.2) is 42.5 Å². The molecule has 1 aromatic heterocycles. The summed E-state index contributed by atoms with van der Waals surface area (Å²) in [7, 11) is 1.70. The highest BCUT2D eigenvalue weighted by atomic mass is 16.5. The second-order valence-electron chi connectivity index (χ2n) is 4.51. The first-order chi connectivity index (χ1) is 9.35. The van der Waals surface area contributed by atoms with Crippen molar-refractivity contribution in [2.75, 3.05) is 13.7 Å². The Balaban J connectivity index is 2.35. The number of para-hydroxylation sites is 1. The lowest BCUT2D eigenvalue weighted by Gasteiger charge is -2.06. The molecule has 0 bridgehead atoms. The van der Waals surface area contributed by atoms with Crippen LogP contribution in [0.4, 0.5) is 0 Å². The van der Waals surface area contributed by atoms with Crippen molar-refractivity contribution in [3.63, 3.8) is 0 Å².